The first-order valence-electron chi connectivity index (χ1n) is 6.94. The molecule has 2 saturated heterocycles. The highest BCUT2D eigenvalue weighted by Gasteiger charge is 2.43. The maximum atomic E-state index is 12.2. The molecule has 0 radical (unpaired) electrons. The summed E-state index contributed by atoms with van der Waals surface area (Å²) in [5, 5.41) is 3.56. The molecule has 0 aliphatic carbocycles. The number of carbonyl (C=O) groups is 2. The maximum absolute atomic E-state index is 12.2. The summed E-state index contributed by atoms with van der Waals surface area (Å²) in [6.45, 7) is 1.97. The molecule has 0 aromatic heterocycles. The molecule has 0 spiro atoms. The molecule has 4 nitrogen and oxygen atoms in total. The van der Waals surface area contributed by atoms with Gasteiger partial charge in [-0.2, -0.15) is 0 Å². The third-order valence-electron chi connectivity index (χ3n) is 4.24. The number of rotatable bonds is 3. The highest BCUT2D eigenvalue weighted by Crippen LogP contribution is 2.28. The van der Waals surface area contributed by atoms with Crippen LogP contribution < -0.4 is 5.32 Å². The lowest BCUT2D eigenvalue weighted by Gasteiger charge is -2.17. The Bertz CT molecular complexity index is 546. The molecule has 20 heavy (non-hydrogen) atoms. The van der Waals surface area contributed by atoms with Crippen LogP contribution in [0.4, 0.5) is 0 Å². The number of halogens is 1. The van der Waals surface area contributed by atoms with E-state index < -0.39 is 0 Å². The number of amides is 2. The van der Waals surface area contributed by atoms with Crippen LogP contribution in [0.1, 0.15) is 12.0 Å². The third kappa shape index (κ3) is 2.52. The molecule has 0 saturated carbocycles. The molecule has 0 bridgehead atoms. The first-order chi connectivity index (χ1) is 9.65. The first kappa shape index (κ1) is 13.4. The Balaban J connectivity index is 1.56. The molecule has 5 heteroatoms. The minimum Gasteiger partial charge on any atom is -0.355 e. The molecule has 1 aromatic carbocycles. The van der Waals surface area contributed by atoms with Crippen molar-refractivity contribution in [3.8, 4) is 0 Å². The summed E-state index contributed by atoms with van der Waals surface area (Å²) in [6, 6.07) is 7.60. The average Bonchev–Trinajstić information content (AvgIpc) is 3.00. The number of nitrogens with one attached hydrogen (secondary N) is 1. The molecule has 2 aliphatic heterocycles. The van der Waals surface area contributed by atoms with Gasteiger partial charge in [-0.1, -0.05) is 29.8 Å². The number of hydrogen-bond acceptors (Lipinski definition) is 2. The van der Waals surface area contributed by atoms with E-state index in [2.05, 4.69) is 5.32 Å². The van der Waals surface area contributed by atoms with E-state index in [1.54, 1.807) is 0 Å². The van der Waals surface area contributed by atoms with Crippen molar-refractivity contribution < 1.29 is 9.59 Å². The van der Waals surface area contributed by atoms with Crippen molar-refractivity contribution >= 4 is 23.4 Å². The number of hydrogen-bond donors (Lipinski definition) is 1. The maximum Gasteiger partial charge on any atom is 0.225 e. The minimum absolute atomic E-state index is 0.000682. The zero-order chi connectivity index (χ0) is 14.1. The number of aryl methyl sites for hydroxylation is 1. The Morgan fingerprint density at radius 3 is 2.90 bits per heavy atom. The minimum atomic E-state index is -0.000682. The van der Waals surface area contributed by atoms with Crippen LogP contribution >= 0.6 is 11.6 Å². The predicted octanol–water partition coefficient (Wildman–Crippen LogP) is 1.48. The van der Waals surface area contributed by atoms with Crippen molar-refractivity contribution in [2.24, 2.45) is 11.8 Å². The van der Waals surface area contributed by atoms with Crippen LogP contribution in [0, 0.1) is 11.8 Å². The second kappa shape index (κ2) is 5.44. The van der Waals surface area contributed by atoms with Gasteiger partial charge in [0.25, 0.3) is 0 Å². The molecule has 2 atom stereocenters. The van der Waals surface area contributed by atoms with Crippen LogP contribution in [0.2, 0.25) is 5.02 Å². The number of nitrogens with zero attached hydrogens (tertiary/aromatic N) is 1. The number of fused-ring (bicyclic) bond motifs is 1. The standard InChI is InChI=1S/C15H17ClN2O2/c16-13-4-2-1-3-10(13)5-6-14(19)18-8-11-7-17-15(20)12(11)9-18/h1-4,11-12H,5-9H2,(H,17,20)/t11-,12+/m0/s1. The summed E-state index contributed by atoms with van der Waals surface area (Å²) < 4.78 is 0. The predicted molar refractivity (Wildman–Crippen MR) is 76.3 cm³/mol. The number of likely N-dealkylation sites (tertiary alicyclic amines) is 1. The van der Waals surface area contributed by atoms with Crippen molar-refractivity contribution in [3.05, 3.63) is 34.9 Å². The highest BCUT2D eigenvalue weighted by molar-refractivity contribution is 6.31. The topological polar surface area (TPSA) is 49.4 Å². The highest BCUT2D eigenvalue weighted by atomic mass is 35.5. The fraction of sp³-hybridized carbons (Fsp3) is 0.467. The Kier molecular flexibility index (Phi) is 3.66. The summed E-state index contributed by atoms with van der Waals surface area (Å²) in [6.07, 6.45) is 1.10. The lowest BCUT2D eigenvalue weighted by Crippen LogP contribution is -2.33. The van der Waals surface area contributed by atoms with Crippen molar-refractivity contribution in [1.29, 1.82) is 0 Å². The van der Waals surface area contributed by atoms with E-state index in [1.807, 2.05) is 29.2 Å². The lowest BCUT2D eigenvalue weighted by molar-refractivity contribution is -0.130. The van der Waals surface area contributed by atoms with Gasteiger partial charge < -0.3 is 10.2 Å². The Morgan fingerprint density at radius 2 is 2.15 bits per heavy atom. The van der Waals surface area contributed by atoms with Crippen LogP contribution in [-0.4, -0.2) is 36.3 Å². The number of carbonyl (C=O) groups excluding carboxylic acids is 2. The molecule has 3 rings (SSSR count). The van der Waals surface area contributed by atoms with Gasteiger partial charge in [0, 0.05) is 37.0 Å². The normalized spacial score (nSPS) is 24.6. The van der Waals surface area contributed by atoms with Gasteiger partial charge in [-0.15, -0.1) is 0 Å². The molecule has 2 heterocycles. The van der Waals surface area contributed by atoms with E-state index in [9.17, 15) is 9.59 Å². The second-order valence-electron chi connectivity index (χ2n) is 5.50. The molecule has 1 N–H and O–H groups in total. The smallest absolute Gasteiger partial charge is 0.225 e. The van der Waals surface area contributed by atoms with Crippen molar-refractivity contribution in [3.63, 3.8) is 0 Å². The first-order valence-corrected chi connectivity index (χ1v) is 7.32. The SMILES string of the molecule is O=C1NC[C@H]2CN(C(=O)CCc3ccccc3Cl)C[C@@H]12. The van der Waals surface area contributed by atoms with Gasteiger partial charge in [0.1, 0.15) is 0 Å². The van der Waals surface area contributed by atoms with Gasteiger partial charge in [-0.3, -0.25) is 9.59 Å². The van der Waals surface area contributed by atoms with Gasteiger partial charge >= 0.3 is 0 Å². The molecule has 2 amide bonds. The Morgan fingerprint density at radius 1 is 1.35 bits per heavy atom. The van der Waals surface area contributed by atoms with Gasteiger partial charge in [0.15, 0.2) is 0 Å². The second-order valence-corrected chi connectivity index (χ2v) is 5.91. The lowest BCUT2D eigenvalue weighted by atomic mass is 10.0. The molecular weight excluding hydrogens is 276 g/mol. The van der Waals surface area contributed by atoms with Crippen LogP contribution in [0.25, 0.3) is 0 Å². The molecular formula is C15H17ClN2O2. The molecule has 2 aliphatic rings. The monoisotopic (exact) mass is 292 g/mol. The molecule has 106 valence electrons. The fourth-order valence-corrected chi connectivity index (χ4v) is 3.27. The summed E-state index contributed by atoms with van der Waals surface area (Å²) in [4.78, 5) is 25.6. The Hall–Kier alpha value is -1.55. The van der Waals surface area contributed by atoms with Crippen LogP contribution in [0.3, 0.4) is 0 Å². The molecule has 2 fully saturated rings. The zero-order valence-corrected chi connectivity index (χ0v) is 11.9. The molecule has 0 unspecified atom stereocenters. The average molecular weight is 293 g/mol. The van der Waals surface area contributed by atoms with Crippen molar-refractivity contribution in [2.75, 3.05) is 19.6 Å². The van der Waals surface area contributed by atoms with Gasteiger partial charge in [0.05, 0.1) is 5.92 Å². The zero-order valence-electron chi connectivity index (χ0n) is 11.1. The van der Waals surface area contributed by atoms with E-state index in [0.717, 1.165) is 5.56 Å². The third-order valence-corrected chi connectivity index (χ3v) is 4.60. The van der Waals surface area contributed by atoms with E-state index >= 15 is 0 Å². The Labute approximate surface area is 123 Å². The summed E-state index contributed by atoms with van der Waals surface area (Å²) in [5.41, 5.74) is 1.000. The van der Waals surface area contributed by atoms with Gasteiger partial charge in [0.2, 0.25) is 11.8 Å². The van der Waals surface area contributed by atoms with Crippen molar-refractivity contribution in [1.82, 2.24) is 10.2 Å². The van der Waals surface area contributed by atoms with E-state index in [4.69, 9.17) is 11.6 Å². The summed E-state index contributed by atoms with van der Waals surface area (Å²) in [7, 11) is 0. The van der Waals surface area contributed by atoms with Crippen LogP contribution in [0.15, 0.2) is 24.3 Å². The summed E-state index contributed by atoms with van der Waals surface area (Å²) in [5.74, 6) is 0.509. The number of benzene rings is 1. The molecule has 1 aromatic rings. The van der Waals surface area contributed by atoms with Crippen molar-refractivity contribution in [2.45, 2.75) is 12.8 Å². The van der Waals surface area contributed by atoms with Gasteiger partial charge in [-0.25, -0.2) is 0 Å². The van der Waals surface area contributed by atoms with E-state index in [1.165, 1.54) is 0 Å². The van der Waals surface area contributed by atoms with E-state index in [-0.39, 0.29) is 17.7 Å². The van der Waals surface area contributed by atoms with Crippen LogP contribution in [0.5, 0.6) is 0 Å². The van der Waals surface area contributed by atoms with E-state index in [0.29, 0.717) is 43.4 Å². The quantitative estimate of drug-likeness (QED) is 0.917. The summed E-state index contributed by atoms with van der Waals surface area (Å²) >= 11 is 6.09. The fourth-order valence-electron chi connectivity index (χ4n) is 3.04. The van der Waals surface area contributed by atoms with Gasteiger partial charge in [-0.05, 0) is 18.1 Å². The van der Waals surface area contributed by atoms with Crippen LogP contribution in [-0.2, 0) is 16.0 Å². The largest absolute Gasteiger partial charge is 0.355 e.